The van der Waals surface area contributed by atoms with Crippen LogP contribution >= 0.6 is 0 Å². The molecule has 94 valence electrons. The van der Waals surface area contributed by atoms with Crippen molar-refractivity contribution in [2.45, 2.75) is 31.6 Å². The number of likely N-dealkylation sites (N-methyl/N-ethyl adjacent to an activating group) is 1. The van der Waals surface area contributed by atoms with Crippen molar-refractivity contribution in [1.82, 2.24) is 4.90 Å². The predicted octanol–water partition coefficient (Wildman–Crippen LogP) is 0.744. The van der Waals surface area contributed by atoms with Gasteiger partial charge in [-0.3, -0.25) is 4.79 Å². The Morgan fingerprint density at radius 2 is 2.41 bits per heavy atom. The second kappa shape index (κ2) is 5.33. The van der Waals surface area contributed by atoms with Gasteiger partial charge in [0, 0.05) is 25.7 Å². The molecule has 0 radical (unpaired) electrons. The van der Waals surface area contributed by atoms with Crippen molar-refractivity contribution in [3.05, 3.63) is 24.2 Å². The SMILES string of the molecule is CN(Cc1ccoc1)C(=O)C1CCC(CN)O1. The van der Waals surface area contributed by atoms with E-state index in [4.69, 9.17) is 14.9 Å². The predicted molar refractivity (Wildman–Crippen MR) is 62.1 cm³/mol. The highest BCUT2D eigenvalue weighted by molar-refractivity contribution is 5.80. The van der Waals surface area contributed by atoms with Crippen LogP contribution in [-0.2, 0) is 16.1 Å². The molecule has 5 nitrogen and oxygen atoms in total. The van der Waals surface area contributed by atoms with Crippen molar-refractivity contribution >= 4 is 5.91 Å². The van der Waals surface area contributed by atoms with Crippen LogP contribution in [0.5, 0.6) is 0 Å². The first-order valence-corrected chi connectivity index (χ1v) is 5.82. The second-order valence-electron chi connectivity index (χ2n) is 4.39. The molecule has 1 amide bonds. The standard InChI is InChI=1S/C12H18N2O3/c1-14(7-9-4-5-16-8-9)12(15)11-3-2-10(6-13)17-11/h4-5,8,10-11H,2-3,6-7,13H2,1H3. The first-order valence-electron chi connectivity index (χ1n) is 5.82. The van der Waals surface area contributed by atoms with Gasteiger partial charge >= 0.3 is 0 Å². The minimum atomic E-state index is -0.333. The van der Waals surface area contributed by atoms with Gasteiger partial charge in [-0.15, -0.1) is 0 Å². The maximum absolute atomic E-state index is 12.1. The molecule has 0 saturated carbocycles. The number of nitrogens with two attached hydrogens (primary N) is 1. The molecule has 0 spiro atoms. The summed E-state index contributed by atoms with van der Waals surface area (Å²) in [6.07, 6.45) is 4.57. The van der Waals surface area contributed by atoms with E-state index in [2.05, 4.69) is 0 Å². The summed E-state index contributed by atoms with van der Waals surface area (Å²) in [6, 6.07) is 1.85. The molecule has 2 N–H and O–H groups in total. The van der Waals surface area contributed by atoms with Crippen LogP contribution in [0.25, 0.3) is 0 Å². The van der Waals surface area contributed by atoms with E-state index in [9.17, 15) is 4.79 Å². The summed E-state index contributed by atoms with van der Waals surface area (Å²) in [5, 5.41) is 0. The smallest absolute Gasteiger partial charge is 0.251 e. The number of rotatable bonds is 4. The van der Waals surface area contributed by atoms with E-state index in [1.54, 1.807) is 24.5 Å². The highest BCUT2D eigenvalue weighted by Gasteiger charge is 2.31. The Morgan fingerprint density at radius 1 is 1.59 bits per heavy atom. The summed E-state index contributed by atoms with van der Waals surface area (Å²) >= 11 is 0. The largest absolute Gasteiger partial charge is 0.472 e. The van der Waals surface area contributed by atoms with E-state index in [-0.39, 0.29) is 18.1 Å². The van der Waals surface area contributed by atoms with E-state index >= 15 is 0 Å². The van der Waals surface area contributed by atoms with Gasteiger partial charge in [0.2, 0.25) is 0 Å². The third-order valence-electron chi connectivity index (χ3n) is 3.02. The molecule has 1 aliphatic heterocycles. The molecule has 1 fully saturated rings. The fraction of sp³-hybridized carbons (Fsp3) is 0.583. The number of furan rings is 1. The maximum atomic E-state index is 12.1. The van der Waals surface area contributed by atoms with Gasteiger partial charge in [-0.05, 0) is 18.9 Å². The van der Waals surface area contributed by atoms with Gasteiger partial charge in [0.1, 0.15) is 6.10 Å². The molecule has 5 heteroatoms. The molecule has 2 atom stereocenters. The van der Waals surface area contributed by atoms with Crippen LogP contribution in [0.2, 0.25) is 0 Å². The Balaban J connectivity index is 1.87. The molecule has 2 heterocycles. The van der Waals surface area contributed by atoms with Gasteiger partial charge in [-0.1, -0.05) is 0 Å². The minimum Gasteiger partial charge on any atom is -0.472 e. The Morgan fingerprint density at radius 3 is 3.00 bits per heavy atom. The van der Waals surface area contributed by atoms with Crippen LogP contribution in [0.4, 0.5) is 0 Å². The Labute approximate surface area is 101 Å². The molecule has 1 aromatic rings. The van der Waals surface area contributed by atoms with Crippen molar-refractivity contribution in [3.8, 4) is 0 Å². The number of amides is 1. The van der Waals surface area contributed by atoms with Crippen molar-refractivity contribution in [2.24, 2.45) is 5.73 Å². The Kier molecular flexibility index (Phi) is 3.81. The van der Waals surface area contributed by atoms with E-state index in [0.717, 1.165) is 18.4 Å². The van der Waals surface area contributed by atoms with Crippen molar-refractivity contribution in [1.29, 1.82) is 0 Å². The number of hydrogen-bond acceptors (Lipinski definition) is 4. The van der Waals surface area contributed by atoms with Crippen molar-refractivity contribution in [3.63, 3.8) is 0 Å². The molecule has 0 bridgehead atoms. The fourth-order valence-corrected chi connectivity index (χ4v) is 2.04. The van der Waals surface area contributed by atoms with E-state index in [1.165, 1.54) is 0 Å². The van der Waals surface area contributed by atoms with E-state index < -0.39 is 0 Å². The summed E-state index contributed by atoms with van der Waals surface area (Å²) in [5.41, 5.74) is 6.50. The molecular weight excluding hydrogens is 220 g/mol. The molecule has 2 unspecified atom stereocenters. The number of carbonyl (C=O) groups is 1. The third-order valence-corrected chi connectivity index (χ3v) is 3.02. The number of hydrogen-bond donors (Lipinski definition) is 1. The molecule has 1 saturated heterocycles. The van der Waals surface area contributed by atoms with Crippen molar-refractivity contribution in [2.75, 3.05) is 13.6 Å². The van der Waals surface area contributed by atoms with Gasteiger partial charge < -0.3 is 19.8 Å². The first kappa shape index (κ1) is 12.1. The van der Waals surface area contributed by atoms with Crippen LogP contribution in [-0.4, -0.2) is 36.6 Å². The Bertz CT molecular complexity index is 364. The third kappa shape index (κ3) is 2.87. The van der Waals surface area contributed by atoms with Gasteiger partial charge in [-0.25, -0.2) is 0 Å². The van der Waals surface area contributed by atoms with Gasteiger partial charge in [-0.2, -0.15) is 0 Å². The fourth-order valence-electron chi connectivity index (χ4n) is 2.04. The summed E-state index contributed by atoms with van der Waals surface area (Å²) in [4.78, 5) is 13.7. The molecule has 17 heavy (non-hydrogen) atoms. The number of carbonyl (C=O) groups excluding carboxylic acids is 1. The lowest BCUT2D eigenvalue weighted by Crippen LogP contribution is -2.36. The molecule has 2 rings (SSSR count). The number of nitrogens with zero attached hydrogens (tertiary/aromatic N) is 1. The average molecular weight is 238 g/mol. The molecule has 0 aromatic carbocycles. The lowest BCUT2D eigenvalue weighted by molar-refractivity contribution is -0.141. The van der Waals surface area contributed by atoms with Gasteiger partial charge in [0.25, 0.3) is 5.91 Å². The quantitative estimate of drug-likeness (QED) is 0.840. The van der Waals surface area contributed by atoms with E-state index in [0.29, 0.717) is 13.1 Å². The van der Waals surface area contributed by atoms with Crippen LogP contribution in [0.3, 0.4) is 0 Å². The van der Waals surface area contributed by atoms with E-state index in [1.807, 2.05) is 6.07 Å². The highest BCUT2D eigenvalue weighted by atomic mass is 16.5. The maximum Gasteiger partial charge on any atom is 0.251 e. The van der Waals surface area contributed by atoms with Crippen LogP contribution < -0.4 is 5.73 Å². The summed E-state index contributed by atoms with van der Waals surface area (Å²) < 4.78 is 10.5. The topological polar surface area (TPSA) is 68.7 Å². The molecular formula is C12H18N2O3. The van der Waals surface area contributed by atoms with Crippen LogP contribution in [0, 0.1) is 0 Å². The Hall–Kier alpha value is -1.33. The zero-order valence-corrected chi connectivity index (χ0v) is 9.96. The second-order valence-corrected chi connectivity index (χ2v) is 4.39. The zero-order valence-electron chi connectivity index (χ0n) is 9.96. The van der Waals surface area contributed by atoms with Crippen molar-refractivity contribution < 1.29 is 13.9 Å². The van der Waals surface area contributed by atoms with Crippen LogP contribution in [0.15, 0.2) is 23.0 Å². The van der Waals surface area contributed by atoms with Gasteiger partial charge in [0.05, 0.1) is 18.6 Å². The molecule has 0 aliphatic carbocycles. The van der Waals surface area contributed by atoms with Crippen LogP contribution in [0.1, 0.15) is 18.4 Å². The summed E-state index contributed by atoms with van der Waals surface area (Å²) in [5.74, 6) is 0.0159. The highest BCUT2D eigenvalue weighted by Crippen LogP contribution is 2.21. The molecule has 1 aromatic heterocycles. The van der Waals surface area contributed by atoms with Gasteiger partial charge in [0.15, 0.2) is 0 Å². The first-order chi connectivity index (χ1) is 8.20. The monoisotopic (exact) mass is 238 g/mol. The zero-order chi connectivity index (χ0) is 12.3. The molecule has 1 aliphatic rings. The minimum absolute atomic E-state index is 0.0159. The lowest BCUT2D eigenvalue weighted by atomic mass is 10.2. The summed E-state index contributed by atoms with van der Waals surface area (Å²) in [7, 11) is 1.77. The number of ether oxygens (including phenoxy) is 1. The summed E-state index contributed by atoms with van der Waals surface area (Å²) in [6.45, 7) is 1.03. The normalized spacial score (nSPS) is 23.9. The average Bonchev–Trinajstić information content (AvgIpc) is 2.98. The lowest BCUT2D eigenvalue weighted by Gasteiger charge is -2.20.